The van der Waals surface area contributed by atoms with Crippen molar-refractivity contribution in [2.24, 2.45) is 10.7 Å². The lowest BCUT2D eigenvalue weighted by Crippen LogP contribution is -2.37. The molecule has 0 aliphatic heterocycles. The molecule has 2 N–H and O–H groups in total. The Morgan fingerprint density at radius 1 is 1.38 bits per heavy atom. The third-order valence-electron chi connectivity index (χ3n) is 2.12. The fourth-order valence-corrected chi connectivity index (χ4v) is 1.11. The highest BCUT2D eigenvalue weighted by molar-refractivity contribution is 6.03. The highest BCUT2D eigenvalue weighted by Gasteiger charge is 2.07. The largest absolute Gasteiger partial charge is 0.369 e. The van der Waals surface area contributed by atoms with Crippen LogP contribution in [0.3, 0.4) is 0 Å². The quantitative estimate of drug-likeness (QED) is 0.458. The predicted molar refractivity (Wildman–Crippen MR) is 65.8 cm³/mol. The average molecular weight is 217 g/mol. The second kappa shape index (κ2) is 5.70. The molecule has 1 amide bonds. The Morgan fingerprint density at radius 3 is 2.56 bits per heavy atom. The third-order valence-corrected chi connectivity index (χ3v) is 2.12. The summed E-state index contributed by atoms with van der Waals surface area (Å²) in [5.41, 5.74) is 6.48. The SMILES string of the molecule is CN=C(N)N(C)C(=O)/C=C/c1ccccc1. The average Bonchev–Trinajstić information content (AvgIpc) is 2.35. The Kier molecular flexibility index (Phi) is 4.27. The van der Waals surface area contributed by atoms with Crippen molar-refractivity contribution in [1.82, 2.24) is 4.90 Å². The molecule has 0 bridgehead atoms. The van der Waals surface area contributed by atoms with E-state index in [4.69, 9.17) is 5.73 Å². The van der Waals surface area contributed by atoms with Crippen molar-refractivity contribution in [2.75, 3.05) is 14.1 Å². The van der Waals surface area contributed by atoms with Crippen molar-refractivity contribution in [2.45, 2.75) is 0 Å². The molecule has 0 spiro atoms. The van der Waals surface area contributed by atoms with E-state index in [1.54, 1.807) is 20.2 Å². The smallest absolute Gasteiger partial charge is 0.253 e. The summed E-state index contributed by atoms with van der Waals surface area (Å²) in [7, 11) is 3.13. The van der Waals surface area contributed by atoms with Crippen LogP contribution in [-0.4, -0.2) is 30.9 Å². The Morgan fingerprint density at radius 2 is 2.00 bits per heavy atom. The number of nitrogens with two attached hydrogens (primary N) is 1. The van der Waals surface area contributed by atoms with Crippen molar-refractivity contribution < 1.29 is 4.79 Å². The second-order valence-electron chi connectivity index (χ2n) is 3.22. The number of likely N-dealkylation sites (N-methyl/N-ethyl adjacent to an activating group) is 1. The van der Waals surface area contributed by atoms with Gasteiger partial charge in [0.25, 0.3) is 5.91 Å². The normalized spacial score (nSPS) is 11.8. The summed E-state index contributed by atoms with van der Waals surface area (Å²) in [4.78, 5) is 16.6. The summed E-state index contributed by atoms with van der Waals surface area (Å²) in [6.45, 7) is 0. The fraction of sp³-hybridized carbons (Fsp3) is 0.167. The first-order valence-corrected chi connectivity index (χ1v) is 4.88. The number of hydrogen-bond donors (Lipinski definition) is 1. The van der Waals surface area contributed by atoms with E-state index in [1.807, 2.05) is 30.3 Å². The van der Waals surface area contributed by atoms with Gasteiger partial charge in [-0.25, -0.2) is 0 Å². The molecule has 4 nitrogen and oxygen atoms in total. The summed E-state index contributed by atoms with van der Waals surface area (Å²) in [6.07, 6.45) is 3.20. The Hall–Kier alpha value is -2.10. The number of amides is 1. The molecule has 1 aromatic carbocycles. The molecule has 0 radical (unpaired) electrons. The van der Waals surface area contributed by atoms with Gasteiger partial charge in [-0.2, -0.15) is 0 Å². The minimum Gasteiger partial charge on any atom is -0.369 e. The van der Waals surface area contributed by atoms with Crippen LogP contribution in [0, 0.1) is 0 Å². The number of hydrogen-bond acceptors (Lipinski definition) is 2. The molecule has 0 aliphatic rings. The highest BCUT2D eigenvalue weighted by atomic mass is 16.2. The summed E-state index contributed by atoms with van der Waals surface area (Å²) in [5, 5.41) is 0. The van der Waals surface area contributed by atoms with E-state index in [1.165, 1.54) is 11.0 Å². The second-order valence-corrected chi connectivity index (χ2v) is 3.22. The van der Waals surface area contributed by atoms with Crippen LogP contribution >= 0.6 is 0 Å². The summed E-state index contributed by atoms with van der Waals surface area (Å²) in [5.74, 6) is -0.00494. The number of benzene rings is 1. The molecule has 1 rings (SSSR count). The summed E-state index contributed by atoms with van der Waals surface area (Å²) >= 11 is 0. The van der Waals surface area contributed by atoms with Gasteiger partial charge in [0.05, 0.1) is 0 Å². The number of aliphatic imine (C=N–C) groups is 1. The van der Waals surface area contributed by atoms with Crippen LogP contribution in [0.2, 0.25) is 0 Å². The van der Waals surface area contributed by atoms with Gasteiger partial charge in [0, 0.05) is 20.2 Å². The lowest BCUT2D eigenvalue weighted by atomic mass is 10.2. The molecular weight excluding hydrogens is 202 g/mol. The van der Waals surface area contributed by atoms with Crippen molar-refractivity contribution in [3.8, 4) is 0 Å². The zero-order valence-electron chi connectivity index (χ0n) is 9.42. The Balaban J connectivity index is 2.68. The molecule has 16 heavy (non-hydrogen) atoms. The molecule has 1 aromatic rings. The van der Waals surface area contributed by atoms with Crippen molar-refractivity contribution in [1.29, 1.82) is 0 Å². The number of nitrogens with zero attached hydrogens (tertiary/aromatic N) is 2. The maximum atomic E-state index is 11.6. The molecular formula is C12H15N3O. The first-order valence-electron chi connectivity index (χ1n) is 4.88. The van der Waals surface area contributed by atoms with E-state index in [0.717, 1.165) is 5.56 Å². The van der Waals surface area contributed by atoms with Crippen LogP contribution < -0.4 is 5.73 Å². The standard InChI is InChI=1S/C12H15N3O/c1-14-12(13)15(2)11(16)9-8-10-6-4-3-5-7-10/h3-9H,1-2H3,(H2,13,14)/b9-8+. The van der Waals surface area contributed by atoms with Gasteiger partial charge in [0.15, 0.2) is 5.96 Å². The molecule has 4 heteroatoms. The first kappa shape index (κ1) is 12.0. The zero-order chi connectivity index (χ0) is 12.0. The van der Waals surface area contributed by atoms with Crippen LogP contribution in [-0.2, 0) is 4.79 Å². The molecule has 0 aliphatic carbocycles. The fourth-order valence-electron chi connectivity index (χ4n) is 1.11. The highest BCUT2D eigenvalue weighted by Crippen LogP contribution is 2.01. The molecule has 0 heterocycles. The van der Waals surface area contributed by atoms with E-state index < -0.39 is 0 Å². The molecule has 84 valence electrons. The van der Waals surface area contributed by atoms with E-state index in [0.29, 0.717) is 0 Å². The van der Waals surface area contributed by atoms with Crippen molar-refractivity contribution in [3.63, 3.8) is 0 Å². The van der Waals surface area contributed by atoms with E-state index >= 15 is 0 Å². The van der Waals surface area contributed by atoms with E-state index in [2.05, 4.69) is 4.99 Å². The molecule has 0 saturated heterocycles. The van der Waals surface area contributed by atoms with Gasteiger partial charge in [-0.05, 0) is 11.6 Å². The predicted octanol–water partition coefficient (Wildman–Crippen LogP) is 1.10. The maximum Gasteiger partial charge on any atom is 0.253 e. The summed E-state index contributed by atoms with van der Waals surface area (Å²) in [6, 6.07) is 9.58. The lowest BCUT2D eigenvalue weighted by Gasteiger charge is -2.12. The van der Waals surface area contributed by atoms with Gasteiger partial charge in [-0.1, -0.05) is 30.3 Å². The topological polar surface area (TPSA) is 58.7 Å². The molecule has 0 fully saturated rings. The number of carbonyl (C=O) groups is 1. The molecule has 0 aromatic heterocycles. The van der Waals surface area contributed by atoms with E-state index in [-0.39, 0.29) is 11.9 Å². The van der Waals surface area contributed by atoms with Gasteiger partial charge in [0.2, 0.25) is 0 Å². The van der Waals surface area contributed by atoms with Crippen LogP contribution in [0.25, 0.3) is 6.08 Å². The first-order chi connectivity index (χ1) is 7.65. The van der Waals surface area contributed by atoms with Crippen LogP contribution in [0.4, 0.5) is 0 Å². The lowest BCUT2D eigenvalue weighted by molar-refractivity contribution is -0.121. The minimum atomic E-state index is -0.202. The van der Waals surface area contributed by atoms with E-state index in [9.17, 15) is 4.79 Å². The molecule has 0 atom stereocenters. The molecule has 0 unspecified atom stereocenters. The van der Waals surface area contributed by atoms with Crippen LogP contribution in [0.5, 0.6) is 0 Å². The Bertz CT molecular complexity index is 410. The van der Waals surface area contributed by atoms with Gasteiger partial charge < -0.3 is 5.73 Å². The van der Waals surface area contributed by atoms with Gasteiger partial charge >= 0.3 is 0 Å². The maximum absolute atomic E-state index is 11.6. The van der Waals surface area contributed by atoms with Crippen LogP contribution in [0.1, 0.15) is 5.56 Å². The van der Waals surface area contributed by atoms with Crippen molar-refractivity contribution in [3.05, 3.63) is 42.0 Å². The number of guanidine groups is 1. The third kappa shape index (κ3) is 3.24. The zero-order valence-corrected chi connectivity index (χ0v) is 9.42. The van der Waals surface area contributed by atoms with Gasteiger partial charge in [0.1, 0.15) is 0 Å². The van der Waals surface area contributed by atoms with Crippen molar-refractivity contribution >= 4 is 17.9 Å². The monoisotopic (exact) mass is 217 g/mol. The molecule has 0 saturated carbocycles. The van der Waals surface area contributed by atoms with Crippen LogP contribution in [0.15, 0.2) is 41.4 Å². The number of carbonyl (C=O) groups excluding carboxylic acids is 1. The Labute approximate surface area is 95.1 Å². The van der Waals surface area contributed by atoms with Gasteiger partial charge in [-0.3, -0.25) is 14.7 Å². The number of rotatable bonds is 2. The minimum absolute atomic E-state index is 0.197. The summed E-state index contributed by atoms with van der Waals surface area (Å²) < 4.78 is 0. The van der Waals surface area contributed by atoms with Gasteiger partial charge in [-0.15, -0.1) is 0 Å².